The summed E-state index contributed by atoms with van der Waals surface area (Å²) in [5, 5.41) is 12.5. The van der Waals surface area contributed by atoms with Crippen LogP contribution < -0.4 is 5.32 Å². The number of nitriles is 1. The van der Waals surface area contributed by atoms with Gasteiger partial charge in [-0.2, -0.15) is 5.26 Å². The fourth-order valence-corrected chi connectivity index (χ4v) is 2.93. The number of hydrogen-bond acceptors (Lipinski definition) is 4. The van der Waals surface area contributed by atoms with Crippen LogP contribution in [-0.4, -0.2) is 48.8 Å². The molecule has 1 fully saturated rings. The third-order valence-corrected chi connectivity index (χ3v) is 4.24. The van der Waals surface area contributed by atoms with Crippen LogP contribution in [0.1, 0.15) is 53.4 Å². The molecule has 0 saturated carbocycles. The Balaban J connectivity index is 2.30. The van der Waals surface area contributed by atoms with E-state index in [1.807, 2.05) is 6.92 Å². The van der Waals surface area contributed by atoms with E-state index in [0.717, 1.165) is 51.9 Å². The Morgan fingerprint density at radius 1 is 1.40 bits per heavy atom. The topological polar surface area (TPSA) is 48.3 Å². The van der Waals surface area contributed by atoms with Crippen molar-refractivity contribution in [1.29, 1.82) is 5.26 Å². The van der Waals surface area contributed by atoms with Crippen LogP contribution in [0.5, 0.6) is 0 Å². The third kappa shape index (κ3) is 5.40. The van der Waals surface area contributed by atoms with Gasteiger partial charge in [-0.25, -0.2) is 0 Å². The van der Waals surface area contributed by atoms with Crippen molar-refractivity contribution < 1.29 is 4.74 Å². The van der Waals surface area contributed by atoms with Gasteiger partial charge in [0.2, 0.25) is 0 Å². The largest absolute Gasteiger partial charge is 0.376 e. The molecule has 1 rings (SSSR count). The van der Waals surface area contributed by atoms with E-state index in [1.54, 1.807) is 0 Å². The molecule has 0 aliphatic carbocycles. The minimum absolute atomic E-state index is 0.351. The van der Waals surface area contributed by atoms with Crippen molar-refractivity contribution in [2.45, 2.75) is 71.1 Å². The Bertz CT molecular complexity index is 315. The van der Waals surface area contributed by atoms with Crippen LogP contribution in [0.2, 0.25) is 0 Å². The van der Waals surface area contributed by atoms with E-state index in [2.05, 4.69) is 37.1 Å². The first kappa shape index (κ1) is 17.4. The van der Waals surface area contributed by atoms with Crippen molar-refractivity contribution in [3.8, 4) is 6.07 Å². The maximum Gasteiger partial charge on any atom is 0.103 e. The molecule has 20 heavy (non-hydrogen) atoms. The van der Waals surface area contributed by atoms with Crippen LogP contribution in [0.4, 0.5) is 0 Å². The maximum atomic E-state index is 9.24. The van der Waals surface area contributed by atoms with Gasteiger partial charge in [0, 0.05) is 12.6 Å². The highest BCUT2D eigenvalue weighted by molar-refractivity contribution is 5.03. The molecular formula is C16H31N3O. The zero-order valence-electron chi connectivity index (χ0n) is 13.6. The predicted octanol–water partition coefficient (Wildman–Crippen LogP) is 2.55. The molecule has 1 N–H and O–H groups in total. The average Bonchev–Trinajstić information content (AvgIpc) is 2.44. The molecule has 1 saturated heterocycles. The highest BCUT2D eigenvalue weighted by atomic mass is 16.5. The van der Waals surface area contributed by atoms with Crippen molar-refractivity contribution >= 4 is 0 Å². The van der Waals surface area contributed by atoms with Gasteiger partial charge in [-0.15, -0.1) is 0 Å². The molecule has 0 aromatic rings. The van der Waals surface area contributed by atoms with E-state index in [1.165, 1.54) is 0 Å². The summed E-state index contributed by atoms with van der Waals surface area (Å²) in [6.45, 7) is 12.3. The number of morpholine rings is 1. The predicted molar refractivity (Wildman–Crippen MR) is 82.6 cm³/mol. The van der Waals surface area contributed by atoms with E-state index in [-0.39, 0.29) is 5.54 Å². The SMILES string of the molecule is CCNC(C)(C#N)CCCCN1CC(C)OCC1CC. The lowest BCUT2D eigenvalue weighted by Gasteiger charge is -2.38. The molecule has 1 heterocycles. The minimum Gasteiger partial charge on any atom is -0.376 e. The highest BCUT2D eigenvalue weighted by Gasteiger charge is 2.25. The summed E-state index contributed by atoms with van der Waals surface area (Å²) in [7, 11) is 0. The first-order valence-electron chi connectivity index (χ1n) is 8.06. The molecule has 0 aromatic carbocycles. The van der Waals surface area contributed by atoms with Crippen LogP contribution in [0.3, 0.4) is 0 Å². The van der Waals surface area contributed by atoms with Crippen LogP contribution in [0.15, 0.2) is 0 Å². The van der Waals surface area contributed by atoms with E-state index >= 15 is 0 Å². The third-order valence-electron chi connectivity index (χ3n) is 4.24. The Kier molecular flexibility index (Phi) is 7.50. The van der Waals surface area contributed by atoms with E-state index in [4.69, 9.17) is 4.74 Å². The normalized spacial score (nSPS) is 26.9. The molecule has 0 aromatic heterocycles. The molecule has 4 nitrogen and oxygen atoms in total. The van der Waals surface area contributed by atoms with E-state index in [9.17, 15) is 5.26 Å². The van der Waals surface area contributed by atoms with Gasteiger partial charge in [-0.3, -0.25) is 10.2 Å². The Labute approximate surface area is 124 Å². The van der Waals surface area contributed by atoms with Gasteiger partial charge in [0.05, 0.1) is 18.8 Å². The summed E-state index contributed by atoms with van der Waals surface area (Å²) in [6.07, 6.45) is 4.68. The fourth-order valence-electron chi connectivity index (χ4n) is 2.93. The van der Waals surface area contributed by atoms with Crippen LogP contribution >= 0.6 is 0 Å². The summed E-state index contributed by atoms with van der Waals surface area (Å²) < 4.78 is 5.73. The molecule has 4 heteroatoms. The molecule has 1 aliphatic heterocycles. The van der Waals surface area contributed by atoms with Gasteiger partial charge < -0.3 is 4.74 Å². The van der Waals surface area contributed by atoms with Crippen molar-refractivity contribution in [3.63, 3.8) is 0 Å². The second kappa shape index (κ2) is 8.61. The monoisotopic (exact) mass is 281 g/mol. The van der Waals surface area contributed by atoms with Gasteiger partial charge in [0.25, 0.3) is 0 Å². The number of nitrogens with zero attached hydrogens (tertiary/aromatic N) is 2. The highest BCUT2D eigenvalue weighted by Crippen LogP contribution is 2.17. The second-order valence-corrected chi connectivity index (χ2v) is 6.13. The summed E-state index contributed by atoms with van der Waals surface area (Å²) in [5.74, 6) is 0. The zero-order valence-corrected chi connectivity index (χ0v) is 13.6. The Morgan fingerprint density at radius 2 is 2.15 bits per heavy atom. The first-order chi connectivity index (χ1) is 9.54. The van der Waals surface area contributed by atoms with Gasteiger partial charge in [-0.05, 0) is 52.6 Å². The number of ether oxygens (including phenoxy) is 1. The average molecular weight is 281 g/mol. The number of nitrogens with one attached hydrogen (secondary N) is 1. The Morgan fingerprint density at radius 3 is 2.75 bits per heavy atom. The summed E-state index contributed by atoms with van der Waals surface area (Å²) in [6, 6.07) is 2.97. The molecule has 3 atom stereocenters. The van der Waals surface area contributed by atoms with Crippen molar-refractivity contribution in [1.82, 2.24) is 10.2 Å². The Hall–Kier alpha value is -0.630. The summed E-state index contributed by atoms with van der Waals surface area (Å²) in [5.41, 5.74) is -0.364. The molecule has 0 bridgehead atoms. The van der Waals surface area contributed by atoms with Crippen LogP contribution in [-0.2, 0) is 4.74 Å². The smallest absolute Gasteiger partial charge is 0.103 e. The summed E-state index contributed by atoms with van der Waals surface area (Å²) in [4.78, 5) is 2.56. The summed E-state index contributed by atoms with van der Waals surface area (Å²) >= 11 is 0. The van der Waals surface area contributed by atoms with Crippen molar-refractivity contribution in [2.75, 3.05) is 26.2 Å². The fraction of sp³-hybridized carbons (Fsp3) is 0.938. The molecule has 1 aliphatic rings. The number of hydrogen-bond donors (Lipinski definition) is 1. The molecule has 0 amide bonds. The first-order valence-corrected chi connectivity index (χ1v) is 8.06. The lowest BCUT2D eigenvalue weighted by molar-refractivity contribution is -0.0561. The van der Waals surface area contributed by atoms with Crippen LogP contribution in [0, 0.1) is 11.3 Å². The standard InChI is InChI=1S/C16H31N3O/c1-5-15-12-20-14(3)11-19(15)10-8-7-9-16(4,13-17)18-6-2/h14-15,18H,5-12H2,1-4H3. The van der Waals surface area contributed by atoms with Crippen molar-refractivity contribution in [3.05, 3.63) is 0 Å². The molecule has 0 radical (unpaired) electrons. The molecule has 3 unspecified atom stereocenters. The van der Waals surface area contributed by atoms with Crippen LogP contribution in [0.25, 0.3) is 0 Å². The number of rotatable bonds is 8. The second-order valence-electron chi connectivity index (χ2n) is 6.13. The molecular weight excluding hydrogens is 250 g/mol. The minimum atomic E-state index is -0.364. The van der Waals surface area contributed by atoms with Gasteiger partial charge >= 0.3 is 0 Å². The zero-order chi connectivity index (χ0) is 15.0. The van der Waals surface area contributed by atoms with E-state index < -0.39 is 0 Å². The van der Waals surface area contributed by atoms with E-state index in [0.29, 0.717) is 12.1 Å². The molecule has 0 spiro atoms. The van der Waals surface area contributed by atoms with Gasteiger partial charge in [0.1, 0.15) is 5.54 Å². The van der Waals surface area contributed by atoms with Gasteiger partial charge in [0.15, 0.2) is 0 Å². The molecule has 116 valence electrons. The quantitative estimate of drug-likeness (QED) is 0.695. The lowest BCUT2D eigenvalue weighted by Crippen LogP contribution is -2.48. The van der Waals surface area contributed by atoms with Crippen molar-refractivity contribution in [2.24, 2.45) is 0 Å². The number of unbranched alkanes of at least 4 members (excludes halogenated alkanes) is 1. The maximum absolute atomic E-state index is 9.24. The van der Waals surface area contributed by atoms with Gasteiger partial charge in [-0.1, -0.05) is 13.8 Å². The lowest BCUT2D eigenvalue weighted by atomic mass is 9.96.